The number of likely N-dealkylation sites (tertiary alicyclic amines) is 1. The molecular formula is C17H22N2O5. The van der Waals surface area contributed by atoms with Crippen LogP contribution in [0.25, 0.3) is 0 Å². The molecule has 0 unspecified atom stereocenters. The van der Waals surface area contributed by atoms with Crippen LogP contribution >= 0.6 is 0 Å². The molecule has 2 aliphatic heterocycles. The average molecular weight is 334 g/mol. The minimum Gasteiger partial charge on any atom is -0.480 e. The van der Waals surface area contributed by atoms with Crippen molar-refractivity contribution >= 4 is 12.1 Å². The molecule has 2 saturated heterocycles. The molecule has 1 amide bonds. The van der Waals surface area contributed by atoms with Gasteiger partial charge in [0.25, 0.3) is 0 Å². The molecule has 24 heavy (non-hydrogen) atoms. The number of carboxylic acid groups (broad SMARTS) is 2. The molecule has 0 bridgehead atoms. The average Bonchev–Trinajstić information content (AvgIpc) is 3.02. The Balaban J connectivity index is 1.70. The smallest absolute Gasteiger partial charge is 0.408 e. The standard InChI is InChI=1S/C17H22N2O5/c20-16(21)15-6-5-14(19(15)17(22)23)13-3-1-12(2-4-13)11-18-7-9-24-10-8-18/h1-4,14-15H,5-11H2,(H,20,21)(H,22,23)/t14-,15+/m1/s1. The van der Waals surface area contributed by atoms with E-state index in [9.17, 15) is 19.8 Å². The second-order valence-electron chi connectivity index (χ2n) is 6.27. The quantitative estimate of drug-likeness (QED) is 0.872. The maximum Gasteiger partial charge on any atom is 0.408 e. The Kier molecular flexibility index (Phi) is 5.01. The molecule has 2 heterocycles. The largest absolute Gasteiger partial charge is 0.480 e. The van der Waals surface area contributed by atoms with Crippen molar-refractivity contribution in [2.24, 2.45) is 0 Å². The first-order chi connectivity index (χ1) is 11.6. The molecule has 2 fully saturated rings. The Morgan fingerprint density at radius 1 is 1.08 bits per heavy atom. The normalized spacial score (nSPS) is 24.9. The molecule has 3 rings (SSSR count). The van der Waals surface area contributed by atoms with Gasteiger partial charge in [-0.05, 0) is 24.0 Å². The number of benzene rings is 1. The Bertz CT molecular complexity index is 598. The first kappa shape index (κ1) is 16.7. The van der Waals surface area contributed by atoms with Crippen LogP contribution in [0.1, 0.15) is 30.0 Å². The number of hydrogen-bond donors (Lipinski definition) is 2. The molecule has 130 valence electrons. The summed E-state index contributed by atoms with van der Waals surface area (Å²) in [6.45, 7) is 4.18. The van der Waals surface area contributed by atoms with Crippen LogP contribution in [0, 0.1) is 0 Å². The van der Waals surface area contributed by atoms with Crippen LogP contribution in [0.4, 0.5) is 4.79 Å². The van der Waals surface area contributed by atoms with E-state index in [0.717, 1.165) is 48.9 Å². The van der Waals surface area contributed by atoms with E-state index in [1.807, 2.05) is 24.3 Å². The van der Waals surface area contributed by atoms with Gasteiger partial charge >= 0.3 is 12.1 Å². The van der Waals surface area contributed by atoms with Crippen LogP contribution < -0.4 is 0 Å². The molecule has 1 aromatic rings. The summed E-state index contributed by atoms with van der Waals surface area (Å²) in [5.74, 6) is -1.08. The van der Waals surface area contributed by atoms with Crippen molar-refractivity contribution in [3.05, 3.63) is 35.4 Å². The molecule has 7 nitrogen and oxygen atoms in total. The molecule has 0 spiro atoms. The highest BCUT2D eigenvalue weighted by Crippen LogP contribution is 2.36. The lowest BCUT2D eigenvalue weighted by molar-refractivity contribution is -0.142. The molecule has 1 aromatic carbocycles. The second-order valence-corrected chi connectivity index (χ2v) is 6.27. The predicted octanol–water partition coefficient (Wildman–Crippen LogP) is 1.79. The minimum atomic E-state index is -1.18. The van der Waals surface area contributed by atoms with Gasteiger partial charge in [-0.1, -0.05) is 24.3 Å². The van der Waals surface area contributed by atoms with Gasteiger partial charge in [0, 0.05) is 19.6 Å². The number of carboxylic acids is 1. The van der Waals surface area contributed by atoms with Gasteiger partial charge < -0.3 is 14.9 Å². The van der Waals surface area contributed by atoms with Crippen LogP contribution in [0.3, 0.4) is 0 Å². The summed E-state index contributed by atoms with van der Waals surface area (Å²) >= 11 is 0. The zero-order chi connectivity index (χ0) is 17.1. The molecule has 2 aliphatic rings. The number of hydrogen-bond acceptors (Lipinski definition) is 4. The summed E-state index contributed by atoms with van der Waals surface area (Å²) in [4.78, 5) is 26.1. The highest BCUT2D eigenvalue weighted by atomic mass is 16.5. The van der Waals surface area contributed by atoms with Crippen LogP contribution in [0.5, 0.6) is 0 Å². The first-order valence-electron chi connectivity index (χ1n) is 8.19. The van der Waals surface area contributed by atoms with Gasteiger partial charge in [0.1, 0.15) is 6.04 Å². The lowest BCUT2D eigenvalue weighted by Gasteiger charge is -2.27. The lowest BCUT2D eigenvalue weighted by atomic mass is 10.0. The Morgan fingerprint density at radius 3 is 2.33 bits per heavy atom. The topological polar surface area (TPSA) is 90.3 Å². The third kappa shape index (κ3) is 3.52. The van der Waals surface area contributed by atoms with E-state index in [4.69, 9.17) is 4.74 Å². The van der Waals surface area contributed by atoms with Gasteiger partial charge in [-0.15, -0.1) is 0 Å². The Labute approximate surface area is 140 Å². The van der Waals surface area contributed by atoms with Gasteiger partial charge in [-0.2, -0.15) is 0 Å². The van der Waals surface area contributed by atoms with E-state index in [1.54, 1.807) is 0 Å². The number of aliphatic carboxylic acids is 1. The summed E-state index contributed by atoms with van der Waals surface area (Å²) in [5, 5.41) is 18.6. The van der Waals surface area contributed by atoms with Crippen molar-refractivity contribution < 1.29 is 24.5 Å². The summed E-state index contributed by atoms with van der Waals surface area (Å²) in [6, 6.07) is 6.49. The lowest BCUT2D eigenvalue weighted by Crippen LogP contribution is -2.40. The van der Waals surface area contributed by atoms with Crippen LogP contribution in [-0.2, 0) is 16.1 Å². The van der Waals surface area contributed by atoms with Crippen molar-refractivity contribution in [3.8, 4) is 0 Å². The maximum atomic E-state index is 11.5. The fourth-order valence-electron chi connectivity index (χ4n) is 3.51. The number of morpholine rings is 1. The van der Waals surface area contributed by atoms with Crippen molar-refractivity contribution in [2.45, 2.75) is 31.5 Å². The summed E-state index contributed by atoms with van der Waals surface area (Å²) < 4.78 is 5.34. The molecule has 0 aliphatic carbocycles. The first-order valence-corrected chi connectivity index (χ1v) is 8.19. The summed E-state index contributed by atoms with van der Waals surface area (Å²) in [7, 11) is 0. The fourth-order valence-corrected chi connectivity index (χ4v) is 3.51. The van der Waals surface area contributed by atoms with Crippen LogP contribution in [-0.4, -0.2) is 64.4 Å². The van der Waals surface area contributed by atoms with E-state index in [0.29, 0.717) is 12.8 Å². The SMILES string of the molecule is O=C(O)[C@@H]1CC[C@H](c2ccc(CN3CCOCC3)cc2)N1C(=O)O. The zero-order valence-corrected chi connectivity index (χ0v) is 13.4. The second kappa shape index (κ2) is 7.19. The highest BCUT2D eigenvalue weighted by molar-refractivity contribution is 5.80. The van der Waals surface area contributed by atoms with Crippen molar-refractivity contribution in [2.75, 3.05) is 26.3 Å². The third-order valence-electron chi connectivity index (χ3n) is 4.77. The number of amides is 1. The van der Waals surface area contributed by atoms with Crippen molar-refractivity contribution in [3.63, 3.8) is 0 Å². The van der Waals surface area contributed by atoms with E-state index in [2.05, 4.69) is 4.90 Å². The Hall–Kier alpha value is -2.12. The van der Waals surface area contributed by atoms with Crippen molar-refractivity contribution in [1.82, 2.24) is 9.80 Å². The van der Waals surface area contributed by atoms with E-state index < -0.39 is 18.1 Å². The molecule has 0 radical (unpaired) electrons. The van der Waals surface area contributed by atoms with Gasteiger partial charge in [0.2, 0.25) is 0 Å². The number of rotatable bonds is 4. The van der Waals surface area contributed by atoms with E-state index in [-0.39, 0.29) is 6.04 Å². The molecule has 0 aromatic heterocycles. The molecule has 2 N–H and O–H groups in total. The summed E-state index contributed by atoms with van der Waals surface area (Å²) in [5.41, 5.74) is 2.02. The van der Waals surface area contributed by atoms with Gasteiger partial charge in [0.05, 0.1) is 19.3 Å². The molecule has 7 heteroatoms. The van der Waals surface area contributed by atoms with E-state index in [1.165, 1.54) is 0 Å². The minimum absolute atomic E-state index is 0.349. The molecular weight excluding hydrogens is 312 g/mol. The number of nitrogens with zero attached hydrogens (tertiary/aromatic N) is 2. The van der Waals surface area contributed by atoms with Crippen molar-refractivity contribution in [1.29, 1.82) is 0 Å². The predicted molar refractivity (Wildman–Crippen MR) is 85.8 cm³/mol. The highest BCUT2D eigenvalue weighted by Gasteiger charge is 2.41. The fraction of sp³-hybridized carbons (Fsp3) is 0.529. The summed E-state index contributed by atoms with van der Waals surface area (Å²) in [6.07, 6.45) is -0.296. The zero-order valence-electron chi connectivity index (χ0n) is 13.4. The van der Waals surface area contributed by atoms with Gasteiger partial charge in [-0.25, -0.2) is 9.59 Å². The third-order valence-corrected chi connectivity index (χ3v) is 4.77. The molecule has 2 atom stereocenters. The Morgan fingerprint density at radius 2 is 1.75 bits per heavy atom. The van der Waals surface area contributed by atoms with Crippen LogP contribution in [0.2, 0.25) is 0 Å². The van der Waals surface area contributed by atoms with E-state index >= 15 is 0 Å². The van der Waals surface area contributed by atoms with Gasteiger partial charge in [0.15, 0.2) is 0 Å². The number of ether oxygens (including phenoxy) is 1. The molecule has 0 saturated carbocycles. The maximum absolute atomic E-state index is 11.5. The number of carbonyl (C=O) groups is 2. The van der Waals surface area contributed by atoms with Crippen LogP contribution in [0.15, 0.2) is 24.3 Å². The monoisotopic (exact) mass is 334 g/mol. The van der Waals surface area contributed by atoms with Gasteiger partial charge in [-0.3, -0.25) is 9.80 Å².